The normalized spacial score (nSPS) is 36.0. The third-order valence-electron chi connectivity index (χ3n) is 2.31. The van der Waals surface area contributed by atoms with Gasteiger partial charge < -0.3 is 10.1 Å². The van der Waals surface area contributed by atoms with Gasteiger partial charge in [0.2, 0.25) is 0 Å². The third kappa shape index (κ3) is 1.11. The predicted molar refractivity (Wildman–Crippen MR) is 40.2 cm³/mol. The number of hydrogen-bond donors (Lipinski definition) is 1. The van der Waals surface area contributed by atoms with Crippen LogP contribution in [0.4, 0.5) is 4.79 Å². The van der Waals surface area contributed by atoms with Gasteiger partial charge in [-0.2, -0.15) is 0 Å². The molecule has 1 aliphatic heterocycles. The van der Waals surface area contributed by atoms with Crippen molar-refractivity contribution in [2.75, 3.05) is 0 Å². The fourth-order valence-corrected chi connectivity index (χ4v) is 1.69. The first-order valence-electron chi connectivity index (χ1n) is 3.89. The maximum atomic E-state index is 10.8. The quantitative estimate of drug-likeness (QED) is 0.531. The van der Waals surface area contributed by atoms with E-state index in [2.05, 4.69) is 11.9 Å². The molecule has 2 fully saturated rings. The molecule has 0 bridgehead atoms. The Morgan fingerprint density at radius 2 is 2.45 bits per heavy atom. The molecule has 1 heterocycles. The Kier molecular flexibility index (Phi) is 1.37. The SMILES string of the molecule is C=C1CCC2NC(=O)OC2C1. The van der Waals surface area contributed by atoms with Gasteiger partial charge in [0.05, 0.1) is 6.04 Å². The number of alkyl carbamates (subject to hydrolysis) is 1. The Balaban J connectivity index is 2.08. The van der Waals surface area contributed by atoms with Crippen LogP contribution in [0.15, 0.2) is 12.2 Å². The van der Waals surface area contributed by atoms with Gasteiger partial charge in [0.15, 0.2) is 0 Å². The van der Waals surface area contributed by atoms with Crippen molar-refractivity contribution < 1.29 is 9.53 Å². The standard InChI is InChI=1S/C8H11NO2/c1-5-2-3-6-7(4-5)11-8(10)9-6/h6-7H,1-4H2,(H,9,10). The molecule has 11 heavy (non-hydrogen) atoms. The summed E-state index contributed by atoms with van der Waals surface area (Å²) in [4.78, 5) is 10.8. The largest absolute Gasteiger partial charge is 0.444 e. The Bertz CT molecular complexity index is 210. The Morgan fingerprint density at radius 3 is 3.27 bits per heavy atom. The number of carbonyl (C=O) groups is 1. The van der Waals surface area contributed by atoms with Crippen LogP contribution in [0.25, 0.3) is 0 Å². The average Bonchev–Trinajstić information content (AvgIpc) is 2.27. The lowest BCUT2D eigenvalue weighted by Gasteiger charge is -2.23. The molecule has 1 N–H and O–H groups in total. The zero-order chi connectivity index (χ0) is 7.84. The van der Waals surface area contributed by atoms with E-state index in [1.165, 1.54) is 5.57 Å². The van der Waals surface area contributed by atoms with E-state index in [9.17, 15) is 4.79 Å². The van der Waals surface area contributed by atoms with Crippen LogP contribution in [0.1, 0.15) is 19.3 Å². The van der Waals surface area contributed by atoms with Gasteiger partial charge in [-0.15, -0.1) is 0 Å². The van der Waals surface area contributed by atoms with E-state index in [1.807, 2.05) is 0 Å². The van der Waals surface area contributed by atoms with Crippen LogP contribution in [-0.4, -0.2) is 18.2 Å². The van der Waals surface area contributed by atoms with E-state index in [1.54, 1.807) is 0 Å². The maximum Gasteiger partial charge on any atom is 0.407 e. The molecule has 0 aromatic rings. The van der Waals surface area contributed by atoms with Crippen LogP contribution < -0.4 is 5.32 Å². The number of hydrogen-bond acceptors (Lipinski definition) is 2. The molecule has 0 spiro atoms. The van der Waals surface area contributed by atoms with Gasteiger partial charge in [0.1, 0.15) is 6.10 Å². The van der Waals surface area contributed by atoms with Crippen molar-refractivity contribution in [3.8, 4) is 0 Å². The molecule has 3 nitrogen and oxygen atoms in total. The van der Waals surface area contributed by atoms with Crippen molar-refractivity contribution in [2.45, 2.75) is 31.4 Å². The molecular formula is C8H11NO2. The van der Waals surface area contributed by atoms with Crippen molar-refractivity contribution in [1.82, 2.24) is 5.32 Å². The van der Waals surface area contributed by atoms with Gasteiger partial charge in [0.25, 0.3) is 0 Å². The monoisotopic (exact) mass is 153 g/mol. The van der Waals surface area contributed by atoms with E-state index in [4.69, 9.17) is 4.74 Å². The summed E-state index contributed by atoms with van der Waals surface area (Å²) in [5, 5.41) is 2.77. The molecule has 2 aliphatic rings. The minimum atomic E-state index is -0.269. The average molecular weight is 153 g/mol. The topological polar surface area (TPSA) is 38.3 Å². The molecule has 2 atom stereocenters. The highest BCUT2D eigenvalue weighted by molar-refractivity contribution is 5.70. The fourth-order valence-electron chi connectivity index (χ4n) is 1.69. The highest BCUT2D eigenvalue weighted by Gasteiger charge is 2.36. The summed E-state index contributed by atoms with van der Waals surface area (Å²) in [5.74, 6) is 0. The van der Waals surface area contributed by atoms with Gasteiger partial charge in [0, 0.05) is 6.42 Å². The molecular weight excluding hydrogens is 142 g/mol. The van der Waals surface area contributed by atoms with Crippen molar-refractivity contribution in [3.63, 3.8) is 0 Å². The summed E-state index contributed by atoms with van der Waals surface area (Å²) >= 11 is 0. The van der Waals surface area contributed by atoms with E-state index in [0.29, 0.717) is 0 Å². The van der Waals surface area contributed by atoms with E-state index < -0.39 is 0 Å². The molecule has 60 valence electrons. The van der Waals surface area contributed by atoms with Crippen LogP contribution >= 0.6 is 0 Å². The summed E-state index contributed by atoms with van der Waals surface area (Å²) in [5.41, 5.74) is 1.20. The second kappa shape index (κ2) is 2.26. The number of ether oxygens (including phenoxy) is 1. The first-order valence-corrected chi connectivity index (χ1v) is 3.89. The van der Waals surface area contributed by atoms with Crippen molar-refractivity contribution in [3.05, 3.63) is 12.2 Å². The summed E-state index contributed by atoms with van der Waals surface area (Å²) in [6, 6.07) is 0.244. The maximum absolute atomic E-state index is 10.8. The summed E-state index contributed by atoms with van der Waals surface area (Å²) in [6.07, 6.45) is 2.63. The van der Waals surface area contributed by atoms with Crippen molar-refractivity contribution >= 4 is 6.09 Å². The highest BCUT2D eigenvalue weighted by Crippen LogP contribution is 2.27. The van der Waals surface area contributed by atoms with Crippen LogP contribution in [0, 0.1) is 0 Å². The lowest BCUT2D eigenvalue weighted by Crippen LogP contribution is -2.34. The van der Waals surface area contributed by atoms with Crippen LogP contribution in [0.2, 0.25) is 0 Å². The van der Waals surface area contributed by atoms with Crippen molar-refractivity contribution in [2.24, 2.45) is 0 Å². The Morgan fingerprint density at radius 1 is 1.64 bits per heavy atom. The van der Waals surface area contributed by atoms with Gasteiger partial charge in [-0.05, 0) is 12.8 Å². The van der Waals surface area contributed by atoms with Crippen LogP contribution in [0.3, 0.4) is 0 Å². The van der Waals surface area contributed by atoms with Gasteiger partial charge in [-0.3, -0.25) is 0 Å². The Labute approximate surface area is 65.4 Å². The molecule has 1 saturated heterocycles. The summed E-state index contributed by atoms with van der Waals surface area (Å²) in [6.45, 7) is 3.88. The van der Waals surface area contributed by atoms with E-state index in [-0.39, 0.29) is 18.2 Å². The first-order chi connectivity index (χ1) is 5.25. The number of carbonyl (C=O) groups excluding carboxylic acids is 1. The highest BCUT2D eigenvalue weighted by atomic mass is 16.6. The molecule has 3 heteroatoms. The zero-order valence-electron chi connectivity index (χ0n) is 6.30. The van der Waals surface area contributed by atoms with Gasteiger partial charge in [-0.1, -0.05) is 12.2 Å². The molecule has 1 saturated carbocycles. The van der Waals surface area contributed by atoms with E-state index >= 15 is 0 Å². The number of nitrogens with one attached hydrogen (secondary N) is 1. The molecule has 2 unspecified atom stereocenters. The third-order valence-corrected chi connectivity index (χ3v) is 2.31. The second-order valence-electron chi connectivity index (χ2n) is 3.19. The summed E-state index contributed by atoms with van der Waals surface area (Å²) < 4.78 is 5.02. The number of amides is 1. The minimum Gasteiger partial charge on any atom is -0.444 e. The molecule has 0 aromatic heterocycles. The first kappa shape index (κ1) is 6.70. The van der Waals surface area contributed by atoms with E-state index in [0.717, 1.165) is 19.3 Å². The lowest BCUT2D eigenvalue weighted by molar-refractivity contribution is 0.124. The lowest BCUT2D eigenvalue weighted by atomic mass is 9.90. The number of fused-ring (bicyclic) bond motifs is 1. The van der Waals surface area contributed by atoms with Crippen molar-refractivity contribution in [1.29, 1.82) is 0 Å². The molecule has 2 rings (SSSR count). The van der Waals surface area contributed by atoms with Crippen LogP contribution in [-0.2, 0) is 4.74 Å². The predicted octanol–water partition coefficient (Wildman–Crippen LogP) is 1.20. The minimum absolute atomic E-state index is 0.0590. The Hall–Kier alpha value is -0.990. The molecule has 1 aliphatic carbocycles. The zero-order valence-corrected chi connectivity index (χ0v) is 6.30. The fraction of sp³-hybridized carbons (Fsp3) is 0.625. The molecule has 0 radical (unpaired) electrons. The smallest absolute Gasteiger partial charge is 0.407 e. The van der Waals surface area contributed by atoms with Gasteiger partial charge >= 0.3 is 6.09 Å². The second-order valence-corrected chi connectivity index (χ2v) is 3.19. The number of rotatable bonds is 0. The van der Waals surface area contributed by atoms with Gasteiger partial charge in [-0.25, -0.2) is 4.79 Å². The van der Waals surface area contributed by atoms with Crippen LogP contribution in [0.5, 0.6) is 0 Å². The molecule has 1 amide bonds. The molecule has 0 aromatic carbocycles. The summed E-state index contributed by atoms with van der Waals surface area (Å²) in [7, 11) is 0.